The number of aliphatic imine (C=N–C) groups is 1. The smallest absolute Gasteiger partial charge is 0.105 e. The first-order valence-corrected chi connectivity index (χ1v) is 17.3. The van der Waals surface area contributed by atoms with Gasteiger partial charge >= 0.3 is 0 Å². The maximum absolute atomic E-state index is 13.2. The van der Waals surface area contributed by atoms with Crippen LogP contribution in [-0.4, -0.2) is 41.5 Å². The molecule has 0 amide bonds. The molecule has 1 fully saturated rings. The molecule has 2 aromatic carbocycles. The number of fused-ring (bicyclic) bond motifs is 1. The largest absolute Gasteiger partial charge is 0.386 e. The summed E-state index contributed by atoms with van der Waals surface area (Å²) in [6.45, 7) is 28.4. The van der Waals surface area contributed by atoms with Crippen molar-refractivity contribution in [2.75, 3.05) is 13.1 Å². The lowest BCUT2D eigenvalue weighted by Gasteiger charge is -2.25. The quantitative estimate of drug-likeness (QED) is 0.226. The van der Waals surface area contributed by atoms with E-state index < -0.39 is 5.67 Å². The summed E-state index contributed by atoms with van der Waals surface area (Å²) in [6, 6.07) is 21.6. The average Bonchev–Trinajstić information content (AvgIpc) is 3.73. The normalized spacial score (nSPS) is 14.6. The molecule has 252 valence electrons. The van der Waals surface area contributed by atoms with Crippen LogP contribution in [-0.2, 0) is 6.42 Å². The minimum atomic E-state index is -1.06. The molecule has 0 spiro atoms. The number of hydrogen-bond donors (Lipinski definition) is 1. The molecule has 0 aliphatic carbocycles. The van der Waals surface area contributed by atoms with Crippen LogP contribution in [0.25, 0.3) is 0 Å². The van der Waals surface area contributed by atoms with E-state index >= 15 is 0 Å². The molecule has 0 saturated carbocycles. The Kier molecular flexibility index (Phi) is 24.5. The zero-order chi connectivity index (χ0) is 33.9. The Bertz CT molecular complexity index is 1010. The van der Waals surface area contributed by atoms with Gasteiger partial charge in [-0.2, -0.15) is 0 Å². The monoisotopic (exact) mass is 620 g/mol. The van der Waals surface area contributed by atoms with E-state index in [1.165, 1.54) is 62.2 Å². The topological polar surface area (TPSA) is 27.6 Å². The molecule has 3 nitrogen and oxygen atoms in total. The highest BCUT2D eigenvalue weighted by atomic mass is 19.1. The first-order valence-electron chi connectivity index (χ1n) is 17.3. The lowest BCUT2D eigenvalue weighted by Crippen LogP contribution is -2.31. The number of rotatable bonds is 13. The molecule has 4 heteroatoms. The number of nitrogens with zero attached hydrogens (tertiary/aromatic N) is 2. The van der Waals surface area contributed by atoms with Crippen LogP contribution in [0.4, 0.5) is 10.1 Å². The van der Waals surface area contributed by atoms with Gasteiger partial charge < -0.3 is 10.2 Å². The lowest BCUT2D eigenvalue weighted by atomic mass is 10.0. The molecule has 0 radical (unpaired) electrons. The molecule has 2 atom stereocenters. The van der Waals surface area contributed by atoms with Crippen LogP contribution < -0.4 is 5.32 Å². The zero-order valence-electron chi connectivity index (χ0n) is 29.8. The highest BCUT2D eigenvalue weighted by Crippen LogP contribution is 2.26. The number of likely N-dealkylation sites (tertiary alicyclic amines) is 1. The van der Waals surface area contributed by atoms with E-state index in [-0.39, 0.29) is 0 Å². The van der Waals surface area contributed by atoms with Gasteiger partial charge in [-0.15, -0.1) is 19.7 Å². The molecule has 1 saturated heterocycles. The Morgan fingerprint density at radius 3 is 2.04 bits per heavy atom. The molecule has 0 aromatic heterocycles. The van der Waals surface area contributed by atoms with Crippen molar-refractivity contribution in [2.24, 2.45) is 4.99 Å². The Morgan fingerprint density at radius 2 is 1.58 bits per heavy atom. The number of benzene rings is 2. The van der Waals surface area contributed by atoms with Crippen molar-refractivity contribution in [1.29, 1.82) is 0 Å². The third-order valence-corrected chi connectivity index (χ3v) is 7.71. The van der Waals surface area contributed by atoms with Crippen molar-refractivity contribution in [1.82, 2.24) is 10.2 Å². The third-order valence-electron chi connectivity index (χ3n) is 7.71. The van der Waals surface area contributed by atoms with Gasteiger partial charge in [0.25, 0.3) is 0 Å². The average molecular weight is 620 g/mol. The molecule has 2 aliphatic rings. The first kappa shape index (κ1) is 42.0. The fourth-order valence-corrected chi connectivity index (χ4v) is 5.32. The van der Waals surface area contributed by atoms with Gasteiger partial charge in [0.2, 0.25) is 0 Å². The highest BCUT2D eigenvalue weighted by molar-refractivity contribution is 5.93. The molecule has 4 rings (SSSR count). The van der Waals surface area contributed by atoms with E-state index in [9.17, 15) is 4.39 Å². The molecule has 2 heterocycles. The molecule has 2 unspecified atom stereocenters. The van der Waals surface area contributed by atoms with Gasteiger partial charge in [-0.1, -0.05) is 94.4 Å². The van der Waals surface area contributed by atoms with Crippen LogP contribution in [0.3, 0.4) is 0 Å². The van der Waals surface area contributed by atoms with E-state index in [0.717, 1.165) is 43.8 Å². The number of allylic oxidation sites excluding steroid dienone is 1. The van der Waals surface area contributed by atoms with E-state index in [1.807, 2.05) is 48.5 Å². The number of alkyl halides is 1. The maximum atomic E-state index is 13.2. The zero-order valence-corrected chi connectivity index (χ0v) is 29.8. The van der Waals surface area contributed by atoms with Gasteiger partial charge in [0.05, 0.1) is 5.69 Å². The van der Waals surface area contributed by atoms with Crippen molar-refractivity contribution in [3.8, 4) is 0 Å². The summed E-state index contributed by atoms with van der Waals surface area (Å²) in [4.78, 5) is 7.16. The van der Waals surface area contributed by atoms with Crippen molar-refractivity contribution in [3.63, 3.8) is 0 Å². The summed E-state index contributed by atoms with van der Waals surface area (Å²) in [5, 5.41) is 3.28. The van der Waals surface area contributed by atoms with E-state index in [4.69, 9.17) is 0 Å². The summed E-state index contributed by atoms with van der Waals surface area (Å²) in [7, 11) is 0. The molecular weight excluding hydrogens is 553 g/mol. The minimum absolute atomic E-state index is 0.369. The Hall–Kier alpha value is -2.98. The molecule has 1 N–H and O–H groups in total. The van der Waals surface area contributed by atoms with Crippen LogP contribution in [0.15, 0.2) is 104 Å². The Labute approximate surface area is 277 Å². The van der Waals surface area contributed by atoms with E-state index in [1.54, 1.807) is 13.8 Å². The summed E-state index contributed by atoms with van der Waals surface area (Å²) >= 11 is 0. The van der Waals surface area contributed by atoms with Gasteiger partial charge in [-0.25, -0.2) is 4.39 Å². The number of hydrogen-bond acceptors (Lipinski definition) is 3. The molecule has 2 aromatic rings. The summed E-state index contributed by atoms with van der Waals surface area (Å²) in [5.74, 6) is 0. The van der Waals surface area contributed by atoms with Gasteiger partial charge in [-0.3, -0.25) is 4.99 Å². The summed E-state index contributed by atoms with van der Waals surface area (Å²) < 4.78 is 13.2. The maximum Gasteiger partial charge on any atom is 0.105 e. The summed E-state index contributed by atoms with van der Waals surface area (Å²) in [5.41, 5.74) is 3.79. The van der Waals surface area contributed by atoms with Crippen molar-refractivity contribution < 1.29 is 4.39 Å². The third kappa shape index (κ3) is 21.4. The standard InChI is InChI=1S/C13H24FN.C10H11N.C10H21N.C6H6.C2H4/c1-6-8-11(2)15-12(3)9-7-10-13(4,5)14;1-2-9-7-8-5-3-4-6-10(8)11-9;1-3-7-10(4-2)11-8-5-6-9-11;1-2-4-6-5-3-1;1-2/h6,11,15H,1,3,7-10H2,2,4-5H3;3-6H,2,7H2,1H3;10H,3-9H2,1-2H3;1-6H;1-2H2. The second kappa shape index (κ2) is 26.3. The minimum Gasteiger partial charge on any atom is -0.386 e. The Balaban J connectivity index is 0.000000581. The summed E-state index contributed by atoms with van der Waals surface area (Å²) in [6.07, 6.45) is 14.2. The van der Waals surface area contributed by atoms with Crippen molar-refractivity contribution in [2.45, 2.75) is 130 Å². The van der Waals surface area contributed by atoms with Gasteiger partial charge in [0.1, 0.15) is 5.67 Å². The van der Waals surface area contributed by atoms with Gasteiger partial charge in [0, 0.05) is 29.9 Å². The molecule has 45 heavy (non-hydrogen) atoms. The SMILES string of the molecule is C=C.C=CCC(C)NC(=C)CCCC(C)(C)F.CCC1=Nc2ccccc2C1.CCCC(CC)N1CCCC1.c1ccccc1. The number of halogens is 1. The lowest BCUT2D eigenvalue weighted by molar-refractivity contribution is 0.197. The molecule has 2 aliphatic heterocycles. The fraction of sp³-hybridized carbons (Fsp3) is 0.537. The van der Waals surface area contributed by atoms with Gasteiger partial charge in [-0.05, 0) is 103 Å². The van der Waals surface area contributed by atoms with E-state index in [2.05, 4.69) is 87.4 Å². The highest BCUT2D eigenvalue weighted by Gasteiger charge is 2.19. The van der Waals surface area contributed by atoms with E-state index in [0.29, 0.717) is 12.5 Å². The molecular formula is C41H66FN3. The van der Waals surface area contributed by atoms with Crippen LogP contribution >= 0.6 is 0 Å². The van der Waals surface area contributed by atoms with Crippen LogP contribution in [0, 0.1) is 0 Å². The van der Waals surface area contributed by atoms with Crippen molar-refractivity contribution in [3.05, 3.63) is 104 Å². The Morgan fingerprint density at radius 1 is 1.00 bits per heavy atom. The van der Waals surface area contributed by atoms with Crippen LogP contribution in [0.2, 0.25) is 0 Å². The fourth-order valence-electron chi connectivity index (χ4n) is 5.32. The van der Waals surface area contributed by atoms with Crippen molar-refractivity contribution >= 4 is 11.4 Å². The second-order valence-corrected chi connectivity index (χ2v) is 12.3. The first-order chi connectivity index (χ1) is 21.6. The number of nitrogens with one attached hydrogen (secondary N) is 1. The predicted octanol–water partition coefficient (Wildman–Crippen LogP) is 11.8. The van der Waals surface area contributed by atoms with Gasteiger partial charge in [0.15, 0.2) is 0 Å². The second-order valence-electron chi connectivity index (χ2n) is 12.3. The van der Waals surface area contributed by atoms with Crippen LogP contribution in [0.1, 0.15) is 111 Å². The molecule has 0 bridgehead atoms. The predicted molar refractivity (Wildman–Crippen MR) is 201 cm³/mol. The number of para-hydroxylation sites is 1. The van der Waals surface area contributed by atoms with Crippen LogP contribution in [0.5, 0.6) is 0 Å².